The first-order valence-corrected chi connectivity index (χ1v) is 8.79. The average molecular weight is 327 g/mol. The Kier molecular flexibility index (Phi) is 3.87. The molecule has 4 rings (SSSR count). The van der Waals surface area contributed by atoms with Gasteiger partial charge in [0.25, 0.3) is 5.91 Å². The molecular formula is C18H17NO3S. The number of benzene rings is 1. The zero-order valence-corrected chi connectivity index (χ0v) is 13.4. The van der Waals surface area contributed by atoms with Gasteiger partial charge in [0.15, 0.2) is 5.76 Å². The molecule has 1 aromatic carbocycles. The molecule has 5 heteroatoms. The molecule has 4 nitrogen and oxygen atoms in total. The summed E-state index contributed by atoms with van der Waals surface area (Å²) >= 11 is 1.84. The summed E-state index contributed by atoms with van der Waals surface area (Å²) in [6.07, 6.45) is 2.60. The molecule has 0 N–H and O–H groups in total. The number of thioether (sulfide) groups is 1. The van der Waals surface area contributed by atoms with Crippen LogP contribution in [0.2, 0.25) is 0 Å². The standard InChI is InChI=1S/C18H17NO3S/c20-18(16-12-13-4-1-2-5-14(13)22-16)19-8-7-17(23-11-9-19)15-6-3-10-21-15/h1-6,10,12,17H,7-9,11H2/t17-/m1/s1. The number of carbonyl (C=O) groups is 1. The van der Waals surface area contributed by atoms with Crippen LogP contribution in [0.25, 0.3) is 11.0 Å². The predicted molar refractivity (Wildman–Crippen MR) is 90.6 cm³/mol. The third-order valence-corrected chi connectivity index (χ3v) is 5.41. The minimum Gasteiger partial charge on any atom is -0.468 e. The van der Waals surface area contributed by atoms with E-state index in [1.807, 2.05) is 59.1 Å². The minimum absolute atomic E-state index is 0.0260. The van der Waals surface area contributed by atoms with Gasteiger partial charge in [-0.3, -0.25) is 4.79 Å². The Labute approximate surface area is 138 Å². The Balaban J connectivity index is 1.50. The lowest BCUT2D eigenvalue weighted by molar-refractivity contribution is 0.0736. The lowest BCUT2D eigenvalue weighted by Gasteiger charge is -2.18. The quantitative estimate of drug-likeness (QED) is 0.702. The molecule has 1 atom stereocenters. The highest BCUT2D eigenvalue weighted by molar-refractivity contribution is 7.99. The molecule has 3 aromatic rings. The second-order valence-electron chi connectivity index (χ2n) is 5.60. The fourth-order valence-electron chi connectivity index (χ4n) is 2.92. The molecule has 1 fully saturated rings. The van der Waals surface area contributed by atoms with Crippen LogP contribution in [0, 0.1) is 0 Å². The number of fused-ring (bicyclic) bond motifs is 1. The first-order chi connectivity index (χ1) is 11.3. The number of carbonyl (C=O) groups excluding carboxylic acids is 1. The van der Waals surface area contributed by atoms with Crippen molar-refractivity contribution in [2.24, 2.45) is 0 Å². The molecule has 0 radical (unpaired) electrons. The van der Waals surface area contributed by atoms with Gasteiger partial charge in [-0.15, -0.1) is 11.8 Å². The van der Waals surface area contributed by atoms with Gasteiger partial charge in [0.1, 0.15) is 11.3 Å². The number of rotatable bonds is 2. The average Bonchev–Trinajstić information content (AvgIpc) is 3.19. The molecule has 1 saturated heterocycles. The summed E-state index contributed by atoms with van der Waals surface area (Å²) in [5.74, 6) is 2.29. The van der Waals surface area contributed by atoms with Crippen LogP contribution in [-0.2, 0) is 0 Å². The van der Waals surface area contributed by atoms with Gasteiger partial charge in [-0.2, -0.15) is 0 Å². The maximum Gasteiger partial charge on any atom is 0.289 e. The van der Waals surface area contributed by atoms with E-state index in [1.54, 1.807) is 6.26 Å². The van der Waals surface area contributed by atoms with Crippen LogP contribution in [0.15, 0.2) is 57.6 Å². The van der Waals surface area contributed by atoms with E-state index in [1.165, 1.54) is 0 Å². The monoisotopic (exact) mass is 327 g/mol. The van der Waals surface area contributed by atoms with Crippen molar-refractivity contribution in [1.29, 1.82) is 0 Å². The van der Waals surface area contributed by atoms with Crippen LogP contribution in [0.5, 0.6) is 0 Å². The first-order valence-electron chi connectivity index (χ1n) is 7.74. The highest BCUT2D eigenvalue weighted by atomic mass is 32.2. The second kappa shape index (κ2) is 6.16. The van der Waals surface area contributed by atoms with Gasteiger partial charge in [0, 0.05) is 24.2 Å². The Hall–Kier alpha value is -2.14. The van der Waals surface area contributed by atoms with Crippen molar-refractivity contribution in [2.45, 2.75) is 11.7 Å². The van der Waals surface area contributed by atoms with Gasteiger partial charge >= 0.3 is 0 Å². The molecule has 1 aliphatic heterocycles. The van der Waals surface area contributed by atoms with E-state index in [0.717, 1.165) is 35.4 Å². The smallest absolute Gasteiger partial charge is 0.289 e. The Morgan fingerprint density at radius 3 is 2.91 bits per heavy atom. The normalized spacial score (nSPS) is 19.0. The lowest BCUT2D eigenvalue weighted by atomic mass is 10.2. The van der Waals surface area contributed by atoms with Crippen molar-refractivity contribution in [3.8, 4) is 0 Å². The molecule has 2 aromatic heterocycles. The molecular weight excluding hydrogens is 310 g/mol. The van der Waals surface area contributed by atoms with Crippen LogP contribution >= 0.6 is 11.8 Å². The zero-order chi connectivity index (χ0) is 15.6. The van der Waals surface area contributed by atoms with Gasteiger partial charge in [0.2, 0.25) is 0 Å². The SMILES string of the molecule is O=C(c1cc2ccccc2o1)N1CCS[C@@H](c2ccco2)CC1. The second-order valence-corrected chi connectivity index (χ2v) is 6.91. The Morgan fingerprint density at radius 1 is 1.17 bits per heavy atom. The van der Waals surface area contributed by atoms with E-state index in [-0.39, 0.29) is 5.91 Å². The van der Waals surface area contributed by atoms with E-state index in [0.29, 0.717) is 17.6 Å². The third kappa shape index (κ3) is 2.88. The van der Waals surface area contributed by atoms with Crippen LogP contribution < -0.4 is 0 Å². The summed E-state index contributed by atoms with van der Waals surface area (Å²) in [5.41, 5.74) is 0.758. The summed E-state index contributed by atoms with van der Waals surface area (Å²) in [6, 6.07) is 13.5. The van der Waals surface area contributed by atoms with Crippen molar-refractivity contribution in [1.82, 2.24) is 4.90 Å². The van der Waals surface area contributed by atoms with Crippen molar-refractivity contribution >= 4 is 28.6 Å². The van der Waals surface area contributed by atoms with Gasteiger partial charge < -0.3 is 13.7 Å². The van der Waals surface area contributed by atoms with Crippen molar-refractivity contribution < 1.29 is 13.6 Å². The number of hydrogen-bond acceptors (Lipinski definition) is 4. The summed E-state index contributed by atoms with van der Waals surface area (Å²) in [6.45, 7) is 1.45. The third-order valence-electron chi connectivity index (χ3n) is 4.13. The van der Waals surface area contributed by atoms with Crippen molar-refractivity contribution in [3.63, 3.8) is 0 Å². The largest absolute Gasteiger partial charge is 0.468 e. The molecule has 1 aliphatic rings. The highest BCUT2D eigenvalue weighted by Gasteiger charge is 2.25. The summed E-state index contributed by atoms with van der Waals surface area (Å²) in [5, 5.41) is 1.28. The van der Waals surface area contributed by atoms with Crippen molar-refractivity contribution in [3.05, 3.63) is 60.2 Å². The number of nitrogens with zero attached hydrogens (tertiary/aromatic N) is 1. The minimum atomic E-state index is -0.0260. The molecule has 1 amide bonds. The van der Waals surface area contributed by atoms with E-state index in [9.17, 15) is 4.79 Å². The molecule has 0 spiro atoms. The predicted octanol–water partition coefficient (Wildman–Crippen LogP) is 4.35. The van der Waals surface area contributed by atoms with Crippen LogP contribution in [0.4, 0.5) is 0 Å². The molecule has 0 aliphatic carbocycles. The lowest BCUT2D eigenvalue weighted by Crippen LogP contribution is -2.32. The van der Waals surface area contributed by atoms with E-state index >= 15 is 0 Å². The number of amides is 1. The van der Waals surface area contributed by atoms with Crippen molar-refractivity contribution in [2.75, 3.05) is 18.8 Å². The van der Waals surface area contributed by atoms with E-state index in [4.69, 9.17) is 8.83 Å². The number of furan rings is 2. The zero-order valence-electron chi connectivity index (χ0n) is 12.6. The summed E-state index contributed by atoms with van der Waals surface area (Å²) in [4.78, 5) is 14.6. The van der Waals surface area contributed by atoms with Gasteiger partial charge in [-0.25, -0.2) is 0 Å². The molecule has 0 bridgehead atoms. The van der Waals surface area contributed by atoms with Crippen LogP contribution in [-0.4, -0.2) is 29.6 Å². The Bertz CT molecular complexity index is 776. The molecule has 0 saturated carbocycles. The van der Waals surface area contributed by atoms with Crippen LogP contribution in [0.3, 0.4) is 0 Å². The van der Waals surface area contributed by atoms with Gasteiger partial charge in [0.05, 0.1) is 11.5 Å². The fourth-order valence-corrected chi connectivity index (χ4v) is 4.10. The molecule has 23 heavy (non-hydrogen) atoms. The summed E-state index contributed by atoms with van der Waals surface area (Å²) in [7, 11) is 0. The highest BCUT2D eigenvalue weighted by Crippen LogP contribution is 2.35. The first kappa shape index (κ1) is 14.5. The maximum absolute atomic E-state index is 12.7. The molecule has 0 unspecified atom stereocenters. The maximum atomic E-state index is 12.7. The van der Waals surface area contributed by atoms with Gasteiger partial charge in [-0.1, -0.05) is 18.2 Å². The van der Waals surface area contributed by atoms with E-state index < -0.39 is 0 Å². The van der Waals surface area contributed by atoms with E-state index in [2.05, 4.69) is 0 Å². The molecule has 118 valence electrons. The van der Waals surface area contributed by atoms with Crippen LogP contribution in [0.1, 0.15) is 28.0 Å². The van der Waals surface area contributed by atoms with Gasteiger partial charge in [-0.05, 0) is 30.7 Å². The Morgan fingerprint density at radius 2 is 2.09 bits per heavy atom. The molecule has 3 heterocycles. The fraction of sp³-hybridized carbons (Fsp3) is 0.278. The topological polar surface area (TPSA) is 46.6 Å². The number of hydrogen-bond donors (Lipinski definition) is 0. The summed E-state index contributed by atoms with van der Waals surface area (Å²) < 4.78 is 11.2. The number of para-hydroxylation sites is 1.